The highest BCUT2D eigenvalue weighted by molar-refractivity contribution is 7.80. The molecule has 1 aromatic heterocycles. The number of para-hydroxylation sites is 1. The highest BCUT2D eigenvalue weighted by Gasteiger charge is 2.09. The van der Waals surface area contributed by atoms with Gasteiger partial charge in [0.2, 0.25) is 0 Å². The van der Waals surface area contributed by atoms with E-state index < -0.39 is 0 Å². The Labute approximate surface area is 116 Å². The third kappa shape index (κ3) is 3.09. The van der Waals surface area contributed by atoms with Gasteiger partial charge in [0.15, 0.2) is 0 Å². The van der Waals surface area contributed by atoms with Gasteiger partial charge in [0, 0.05) is 11.3 Å². The number of hydrogen-bond donors (Lipinski definition) is 1. The molecule has 18 heavy (non-hydrogen) atoms. The first-order chi connectivity index (χ1) is 8.68. The molecule has 0 unspecified atom stereocenters. The van der Waals surface area contributed by atoms with Crippen LogP contribution >= 0.6 is 23.6 Å². The van der Waals surface area contributed by atoms with Crippen LogP contribution in [0.4, 0.5) is 0 Å². The van der Waals surface area contributed by atoms with Crippen LogP contribution < -0.4 is 10.5 Å². The van der Waals surface area contributed by atoms with Gasteiger partial charge in [0.05, 0.1) is 12.2 Å². The van der Waals surface area contributed by atoms with E-state index in [0.29, 0.717) is 11.6 Å². The summed E-state index contributed by atoms with van der Waals surface area (Å²) >= 11 is 6.78. The topological polar surface area (TPSA) is 35.2 Å². The maximum Gasteiger partial charge on any atom is 0.132 e. The lowest BCUT2D eigenvalue weighted by Gasteiger charge is -2.12. The zero-order valence-electron chi connectivity index (χ0n) is 10.2. The highest BCUT2D eigenvalue weighted by Crippen LogP contribution is 2.23. The van der Waals surface area contributed by atoms with E-state index in [4.69, 9.17) is 22.7 Å². The molecule has 1 aromatic carbocycles. The zero-order chi connectivity index (χ0) is 13.0. The van der Waals surface area contributed by atoms with Crippen molar-refractivity contribution >= 4 is 28.5 Å². The van der Waals surface area contributed by atoms with Crippen molar-refractivity contribution < 1.29 is 4.74 Å². The van der Waals surface area contributed by atoms with Gasteiger partial charge in [-0.25, -0.2) is 0 Å². The molecule has 0 saturated heterocycles. The van der Waals surface area contributed by atoms with E-state index in [-0.39, 0.29) is 0 Å². The van der Waals surface area contributed by atoms with Gasteiger partial charge in [0.25, 0.3) is 0 Å². The number of ether oxygens (including phenoxy) is 1. The van der Waals surface area contributed by atoms with E-state index in [1.54, 1.807) is 11.3 Å². The van der Waals surface area contributed by atoms with E-state index in [1.165, 1.54) is 4.88 Å². The summed E-state index contributed by atoms with van der Waals surface area (Å²) in [6.07, 6.45) is 0.906. The molecular weight excluding hydrogens is 262 g/mol. The number of nitrogens with two attached hydrogens (primary N) is 1. The van der Waals surface area contributed by atoms with Crippen molar-refractivity contribution in [1.82, 2.24) is 0 Å². The number of hydrogen-bond acceptors (Lipinski definition) is 3. The summed E-state index contributed by atoms with van der Waals surface area (Å²) in [7, 11) is 0. The Morgan fingerprint density at radius 1 is 1.33 bits per heavy atom. The first kappa shape index (κ1) is 13.1. The van der Waals surface area contributed by atoms with Crippen LogP contribution in [-0.4, -0.2) is 11.6 Å². The smallest absolute Gasteiger partial charge is 0.132 e. The van der Waals surface area contributed by atoms with Crippen LogP contribution in [0, 0.1) is 6.92 Å². The van der Waals surface area contributed by atoms with E-state index in [1.807, 2.05) is 31.2 Å². The molecule has 2 nitrogen and oxygen atoms in total. The summed E-state index contributed by atoms with van der Waals surface area (Å²) in [5.41, 5.74) is 7.58. The van der Waals surface area contributed by atoms with Gasteiger partial charge >= 0.3 is 0 Å². The van der Waals surface area contributed by atoms with Crippen LogP contribution in [-0.2, 0) is 6.42 Å². The predicted octanol–water partition coefficient (Wildman–Crippen LogP) is 3.31. The van der Waals surface area contributed by atoms with Gasteiger partial charge in [-0.2, -0.15) is 0 Å². The van der Waals surface area contributed by atoms with E-state index in [0.717, 1.165) is 23.3 Å². The van der Waals surface area contributed by atoms with Gasteiger partial charge in [-0.15, -0.1) is 11.3 Å². The molecule has 2 rings (SSSR count). The number of thiophene rings is 1. The average Bonchev–Trinajstić information content (AvgIpc) is 2.84. The quantitative estimate of drug-likeness (QED) is 0.852. The van der Waals surface area contributed by atoms with Crippen molar-refractivity contribution in [1.29, 1.82) is 0 Å². The second-order valence-corrected chi connectivity index (χ2v) is 5.47. The standard InChI is InChI=1S/C14H15NOS2/c1-10-4-2-6-12(14(15)17)13(10)16-8-7-11-5-3-9-18-11/h2-6,9H,7-8H2,1H3,(H2,15,17). The second kappa shape index (κ2) is 5.98. The average molecular weight is 277 g/mol. The minimum Gasteiger partial charge on any atom is -0.492 e. The summed E-state index contributed by atoms with van der Waals surface area (Å²) in [5, 5.41) is 2.07. The third-order valence-corrected chi connectivity index (χ3v) is 3.81. The maximum absolute atomic E-state index is 5.84. The fourth-order valence-electron chi connectivity index (χ4n) is 1.75. The van der Waals surface area contributed by atoms with E-state index >= 15 is 0 Å². The van der Waals surface area contributed by atoms with E-state index in [2.05, 4.69) is 11.4 Å². The minimum atomic E-state index is 0.379. The zero-order valence-corrected chi connectivity index (χ0v) is 11.8. The van der Waals surface area contributed by atoms with E-state index in [9.17, 15) is 0 Å². The SMILES string of the molecule is Cc1cccc(C(N)=S)c1OCCc1cccs1. The lowest BCUT2D eigenvalue weighted by atomic mass is 10.1. The normalized spacial score (nSPS) is 10.3. The van der Waals surface area contributed by atoms with Gasteiger partial charge < -0.3 is 10.5 Å². The van der Waals surface area contributed by atoms with Crippen LogP contribution in [0.2, 0.25) is 0 Å². The molecule has 0 aliphatic heterocycles. The number of thiocarbonyl (C=S) groups is 1. The van der Waals surface area contributed by atoms with Crippen LogP contribution in [0.25, 0.3) is 0 Å². The molecule has 0 spiro atoms. The molecule has 1 heterocycles. The number of benzene rings is 1. The molecule has 0 atom stereocenters. The lowest BCUT2D eigenvalue weighted by Crippen LogP contribution is -2.13. The first-order valence-corrected chi connectivity index (χ1v) is 7.02. The molecule has 2 N–H and O–H groups in total. The second-order valence-electron chi connectivity index (χ2n) is 3.99. The molecular formula is C14H15NOS2. The number of rotatable bonds is 5. The van der Waals surface area contributed by atoms with Gasteiger partial charge in [-0.1, -0.05) is 30.4 Å². The molecule has 0 radical (unpaired) electrons. The van der Waals surface area contributed by atoms with Gasteiger partial charge in [0.1, 0.15) is 10.7 Å². The summed E-state index contributed by atoms with van der Waals surface area (Å²) in [6, 6.07) is 10.0. The van der Waals surface area contributed by atoms with Crippen LogP contribution in [0.3, 0.4) is 0 Å². The predicted molar refractivity (Wildman–Crippen MR) is 80.6 cm³/mol. The van der Waals surface area contributed by atoms with Crippen molar-refractivity contribution in [2.75, 3.05) is 6.61 Å². The largest absolute Gasteiger partial charge is 0.492 e. The third-order valence-electron chi connectivity index (χ3n) is 2.65. The first-order valence-electron chi connectivity index (χ1n) is 5.73. The number of aryl methyl sites for hydroxylation is 1. The molecule has 0 bridgehead atoms. The Hall–Kier alpha value is -1.39. The summed E-state index contributed by atoms with van der Waals surface area (Å²) in [6.45, 7) is 2.64. The Morgan fingerprint density at radius 2 is 2.17 bits per heavy atom. The molecule has 0 aliphatic rings. The Kier molecular flexibility index (Phi) is 4.33. The van der Waals surface area contributed by atoms with Crippen LogP contribution in [0.15, 0.2) is 35.7 Å². The Bertz CT molecular complexity index is 535. The fraction of sp³-hybridized carbons (Fsp3) is 0.214. The fourth-order valence-corrected chi connectivity index (χ4v) is 2.60. The minimum absolute atomic E-state index is 0.379. The highest BCUT2D eigenvalue weighted by atomic mass is 32.1. The van der Waals surface area contributed by atoms with Crippen molar-refractivity contribution in [3.8, 4) is 5.75 Å². The molecule has 4 heteroatoms. The molecule has 0 amide bonds. The molecule has 0 saturated carbocycles. The van der Waals surface area contributed by atoms with Gasteiger partial charge in [-0.05, 0) is 30.0 Å². The molecule has 0 aliphatic carbocycles. The maximum atomic E-state index is 5.84. The van der Waals surface area contributed by atoms with Crippen LogP contribution in [0.1, 0.15) is 16.0 Å². The lowest BCUT2D eigenvalue weighted by molar-refractivity contribution is 0.320. The molecule has 94 valence electrons. The molecule has 0 fully saturated rings. The summed E-state index contributed by atoms with van der Waals surface area (Å²) < 4.78 is 5.84. The van der Waals surface area contributed by atoms with Crippen molar-refractivity contribution in [3.63, 3.8) is 0 Å². The van der Waals surface area contributed by atoms with Crippen molar-refractivity contribution in [2.45, 2.75) is 13.3 Å². The summed E-state index contributed by atoms with van der Waals surface area (Å²) in [5.74, 6) is 0.807. The summed E-state index contributed by atoms with van der Waals surface area (Å²) in [4.78, 5) is 1.70. The monoisotopic (exact) mass is 277 g/mol. The Balaban J connectivity index is 2.06. The van der Waals surface area contributed by atoms with Crippen LogP contribution in [0.5, 0.6) is 5.75 Å². The van der Waals surface area contributed by atoms with Crippen molar-refractivity contribution in [3.05, 3.63) is 51.7 Å². The van der Waals surface area contributed by atoms with Crippen molar-refractivity contribution in [2.24, 2.45) is 5.73 Å². The Morgan fingerprint density at radius 3 is 2.83 bits per heavy atom. The van der Waals surface area contributed by atoms with Gasteiger partial charge in [-0.3, -0.25) is 0 Å². The molecule has 2 aromatic rings.